The standard InChI is InChI=1S/C18H26O4/c1-11-6-7-17(21-5)12(2)16(20)8-15-14(11)9-18(15,4)10-22-13(3)19/h14-15,17H,1-2,6-10H2,3-5H3/t14-,15+,17+,18+/m0/s1. The smallest absolute Gasteiger partial charge is 0.302 e. The summed E-state index contributed by atoms with van der Waals surface area (Å²) in [6, 6.07) is 0. The Morgan fingerprint density at radius 2 is 2.09 bits per heavy atom. The molecular formula is C18H26O4. The van der Waals surface area contributed by atoms with Crippen molar-refractivity contribution < 1.29 is 19.1 Å². The summed E-state index contributed by atoms with van der Waals surface area (Å²) in [6.45, 7) is 12.0. The van der Waals surface area contributed by atoms with Gasteiger partial charge in [-0.2, -0.15) is 0 Å². The maximum Gasteiger partial charge on any atom is 0.302 e. The molecule has 0 aliphatic heterocycles. The van der Waals surface area contributed by atoms with Crippen LogP contribution in [0, 0.1) is 17.3 Å². The molecule has 4 nitrogen and oxygen atoms in total. The van der Waals surface area contributed by atoms with Crippen molar-refractivity contribution >= 4 is 11.8 Å². The molecule has 0 aromatic rings. The highest BCUT2D eigenvalue weighted by atomic mass is 16.5. The Labute approximate surface area is 132 Å². The molecule has 4 atom stereocenters. The highest BCUT2D eigenvalue weighted by Gasteiger charge is 2.53. The second-order valence-corrected chi connectivity index (χ2v) is 6.93. The van der Waals surface area contributed by atoms with Crippen molar-refractivity contribution in [2.45, 2.75) is 45.6 Å². The van der Waals surface area contributed by atoms with Gasteiger partial charge in [-0.15, -0.1) is 0 Å². The molecule has 2 fully saturated rings. The van der Waals surface area contributed by atoms with Crippen molar-refractivity contribution in [1.82, 2.24) is 0 Å². The second kappa shape index (κ2) is 6.37. The fourth-order valence-corrected chi connectivity index (χ4v) is 3.82. The molecular weight excluding hydrogens is 280 g/mol. The Bertz CT molecular complexity index is 507. The third kappa shape index (κ3) is 3.17. The number of fused-ring (bicyclic) bond motifs is 1. The topological polar surface area (TPSA) is 52.6 Å². The van der Waals surface area contributed by atoms with Crippen LogP contribution >= 0.6 is 0 Å². The Morgan fingerprint density at radius 1 is 1.41 bits per heavy atom. The molecule has 0 saturated heterocycles. The summed E-state index contributed by atoms with van der Waals surface area (Å²) in [4.78, 5) is 23.6. The fourth-order valence-electron chi connectivity index (χ4n) is 3.82. The van der Waals surface area contributed by atoms with Crippen molar-refractivity contribution in [2.24, 2.45) is 17.3 Å². The number of carbonyl (C=O) groups is 2. The average molecular weight is 306 g/mol. The van der Waals surface area contributed by atoms with Gasteiger partial charge in [0, 0.05) is 31.4 Å². The zero-order valence-corrected chi connectivity index (χ0v) is 13.8. The van der Waals surface area contributed by atoms with Crippen molar-refractivity contribution in [3.05, 3.63) is 24.3 Å². The highest BCUT2D eigenvalue weighted by molar-refractivity contribution is 5.96. The quantitative estimate of drug-likeness (QED) is 0.457. The molecule has 2 aliphatic rings. The number of ketones is 1. The SMILES string of the molecule is C=C1C(=O)C[C@@H]2[C@@H](C[C@]2(C)COC(C)=O)C(=C)CC[C@H]1OC. The fraction of sp³-hybridized carbons (Fsp3) is 0.667. The molecule has 4 heteroatoms. The first-order chi connectivity index (χ1) is 10.3. The van der Waals surface area contributed by atoms with Gasteiger partial charge in [-0.1, -0.05) is 25.7 Å². The van der Waals surface area contributed by atoms with E-state index in [0.29, 0.717) is 24.5 Å². The van der Waals surface area contributed by atoms with Crippen molar-refractivity contribution in [2.75, 3.05) is 13.7 Å². The zero-order chi connectivity index (χ0) is 16.5. The molecule has 0 aromatic heterocycles. The summed E-state index contributed by atoms with van der Waals surface area (Å²) >= 11 is 0. The zero-order valence-electron chi connectivity index (χ0n) is 13.8. The summed E-state index contributed by atoms with van der Waals surface area (Å²) in [5.41, 5.74) is 1.58. The number of methoxy groups -OCH3 is 1. The number of Topliss-reactive ketones (excluding diaryl/α,β-unsaturated/α-hetero) is 1. The Kier molecular flexibility index (Phi) is 4.90. The molecule has 0 N–H and O–H groups in total. The molecule has 0 amide bonds. The van der Waals surface area contributed by atoms with Crippen LogP contribution in [-0.4, -0.2) is 31.6 Å². The van der Waals surface area contributed by atoms with E-state index in [1.54, 1.807) is 7.11 Å². The maximum atomic E-state index is 12.5. The molecule has 0 bridgehead atoms. The Morgan fingerprint density at radius 3 is 2.68 bits per heavy atom. The highest BCUT2D eigenvalue weighted by Crippen LogP contribution is 2.56. The van der Waals surface area contributed by atoms with Gasteiger partial charge < -0.3 is 9.47 Å². The first-order valence-corrected chi connectivity index (χ1v) is 7.84. The summed E-state index contributed by atoms with van der Waals surface area (Å²) in [7, 11) is 1.61. The maximum absolute atomic E-state index is 12.5. The summed E-state index contributed by atoms with van der Waals surface area (Å²) in [6.07, 6.45) is 2.72. The van der Waals surface area contributed by atoms with E-state index < -0.39 is 0 Å². The molecule has 122 valence electrons. The van der Waals surface area contributed by atoms with Crippen molar-refractivity contribution in [1.29, 1.82) is 0 Å². The Hall–Kier alpha value is -1.42. The number of carbonyl (C=O) groups excluding carboxylic acids is 2. The van der Waals surface area contributed by atoms with Gasteiger partial charge in [0.1, 0.15) is 0 Å². The molecule has 2 aliphatic carbocycles. The number of allylic oxidation sites excluding steroid dienone is 1. The lowest BCUT2D eigenvalue weighted by Gasteiger charge is -2.53. The molecule has 0 aromatic carbocycles. The lowest BCUT2D eigenvalue weighted by atomic mass is 9.51. The van der Waals surface area contributed by atoms with Gasteiger partial charge in [-0.05, 0) is 31.1 Å². The normalized spacial score (nSPS) is 35.8. The molecule has 22 heavy (non-hydrogen) atoms. The van der Waals surface area contributed by atoms with E-state index in [2.05, 4.69) is 20.1 Å². The summed E-state index contributed by atoms with van der Waals surface area (Å²) in [5.74, 6) is 0.277. The molecule has 2 saturated carbocycles. The molecule has 0 unspecified atom stereocenters. The van der Waals surface area contributed by atoms with Crippen molar-refractivity contribution in [3.8, 4) is 0 Å². The van der Waals surface area contributed by atoms with Crippen LogP contribution in [0.5, 0.6) is 0 Å². The molecule has 2 rings (SSSR count). The third-order valence-electron chi connectivity index (χ3n) is 5.36. The minimum atomic E-state index is -0.276. The van der Waals surface area contributed by atoms with E-state index in [1.165, 1.54) is 12.5 Å². The van der Waals surface area contributed by atoms with Crippen LogP contribution in [0.4, 0.5) is 0 Å². The van der Waals surface area contributed by atoms with Crippen molar-refractivity contribution in [3.63, 3.8) is 0 Å². The van der Waals surface area contributed by atoms with Crippen LogP contribution in [0.1, 0.15) is 39.5 Å². The second-order valence-electron chi connectivity index (χ2n) is 6.93. The van der Waals surface area contributed by atoms with Gasteiger partial charge in [-0.25, -0.2) is 0 Å². The molecule has 0 heterocycles. The number of esters is 1. The number of hydrogen-bond acceptors (Lipinski definition) is 4. The van der Waals surface area contributed by atoms with Crippen LogP contribution < -0.4 is 0 Å². The van der Waals surface area contributed by atoms with Gasteiger partial charge in [0.15, 0.2) is 5.78 Å². The number of rotatable bonds is 3. The summed E-state index contributed by atoms with van der Waals surface area (Å²) < 4.78 is 10.6. The van der Waals surface area contributed by atoms with Crippen LogP contribution in [0.15, 0.2) is 24.3 Å². The predicted molar refractivity (Wildman–Crippen MR) is 84.3 cm³/mol. The minimum absolute atomic E-state index is 0.0605. The third-order valence-corrected chi connectivity index (χ3v) is 5.36. The minimum Gasteiger partial charge on any atom is -0.465 e. The van der Waals surface area contributed by atoms with E-state index in [9.17, 15) is 9.59 Å². The summed E-state index contributed by atoms with van der Waals surface area (Å²) in [5, 5.41) is 0. The average Bonchev–Trinajstić information content (AvgIpc) is 2.50. The first-order valence-electron chi connectivity index (χ1n) is 7.84. The van der Waals surface area contributed by atoms with Crippen LogP contribution in [0.25, 0.3) is 0 Å². The molecule has 0 spiro atoms. The van der Waals surface area contributed by atoms with E-state index >= 15 is 0 Å². The number of hydrogen-bond donors (Lipinski definition) is 0. The van der Waals surface area contributed by atoms with Gasteiger partial charge in [0.2, 0.25) is 0 Å². The van der Waals surface area contributed by atoms with Crippen LogP contribution in [-0.2, 0) is 19.1 Å². The van der Waals surface area contributed by atoms with Crippen LogP contribution in [0.3, 0.4) is 0 Å². The van der Waals surface area contributed by atoms with E-state index in [-0.39, 0.29) is 29.2 Å². The van der Waals surface area contributed by atoms with Gasteiger partial charge in [-0.3, -0.25) is 9.59 Å². The van der Waals surface area contributed by atoms with Gasteiger partial charge >= 0.3 is 5.97 Å². The van der Waals surface area contributed by atoms with E-state index in [0.717, 1.165) is 19.3 Å². The van der Waals surface area contributed by atoms with Gasteiger partial charge in [0.05, 0.1) is 12.7 Å². The predicted octanol–water partition coefficient (Wildman–Crippen LogP) is 3.07. The lowest BCUT2D eigenvalue weighted by Crippen LogP contribution is -2.50. The monoisotopic (exact) mass is 306 g/mol. The lowest BCUT2D eigenvalue weighted by molar-refractivity contribution is -0.153. The number of ether oxygens (including phenoxy) is 2. The largest absolute Gasteiger partial charge is 0.465 e. The first kappa shape index (κ1) is 16.9. The van der Waals surface area contributed by atoms with E-state index in [4.69, 9.17) is 9.47 Å². The Balaban J connectivity index is 2.17. The van der Waals surface area contributed by atoms with E-state index in [1.807, 2.05) is 0 Å². The molecule has 0 radical (unpaired) electrons. The van der Waals surface area contributed by atoms with Gasteiger partial charge in [0.25, 0.3) is 0 Å². The van der Waals surface area contributed by atoms with Crippen LogP contribution in [0.2, 0.25) is 0 Å².